The van der Waals surface area contributed by atoms with Gasteiger partial charge in [-0.2, -0.15) is 13.2 Å². The maximum absolute atomic E-state index is 12.6. The summed E-state index contributed by atoms with van der Waals surface area (Å²) < 4.78 is 43.8. The summed E-state index contributed by atoms with van der Waals surface area (Å²) in [6.07, 6.45) is -4.43. The van der Waals surface area contributed by atoms with Gasteiger partial charge in [-0.15, -0.1) is 35.3 Å². The number of nitrogens with one attached hydrogen (secondary N) is 2. The van der Waals surface area contributed by atoms with E-state index in [1.807, 2.05) is 45.0 Å². The molecule has 0 radical (unpaired) electrons. The molecule has 2 rings (SSSR count). The van der Waals surface area contributed by atoms with Gasteiger partial charge in [0.15, 0.2) is 11.7 Å². The molecule has 0 fully saturated rings. The van der Waals surface area contributed by atoms with Crippen LogP contribution in [0.1, 0.15) is 37.0 Å². The molecule has 156 valence electrons. The number of halogens is 4. The zero-order valence-corrected chi connectivity index (χ0v) is 19.2. The van der Waals surface area contributed by atoms with Gasteiger partial charge in [0.25, 0.3) is 0 Å². The molecular weight excluding hydrogens is 504 g/mol. The Labute approximate surface area is 183 Å². The topological polar surface area (TPSA) is 58.5 Å². The van der Waals surface area contributed by atoms with Crippen molar-refractivity contribution < 1.29 is 17.9 Å². The minimum atomic E-state index is -4.43. The van der Waals surface area contributed by atoms with E-state index in [0.29, 0.717) is 17.5 Å². The van der Waals surface area contributed by atoms with Crippen LogP contribution in [0.15, 0.2) is 34.6 Å². The lowest BCUT2D eigenvalue weighted by atomic mass is 10.1. The largest absolute Gasteiger partial charge is 0.488 e. The molecule has 0 saturated carbocycles. The number of hydrogen-bond donors (Lipinski definition) is 2. The average Bonchev–Trinajstić information content (AvgIpc) is 3.04. The number of aromatic nitrogens is 1. The zero-order chi connectivity index (χ0) is 20.1. The zero-order valence-electron chi connectivity index (χ0n) is 16.1. The number of thiazole rings is 1. The minimum absolute atomic E-state index is 0. The van der Waals surface area contributed by atoms with Crippen LogP contribution >= 0.6 is 35.3 Å². The molecule has 1 aromatic heterocycles. The maximum Gasteiger partial charge on any atom is 0.434 e. The van der Waals surface area contributed by atoms with Crippen molar-refractivity contribution in [3.8, 4) is 5.75 Å². The highest BCUT2D eigenvalue weighted by atomic mass is 127. The van der Waals surface area contributed by atoms with Gasteiger partial charge >= 0.3 is 6.18 Å². The van der Waals surface area contributed by atoms with Crippen LogP contribution in [-0.4, -0.2) is 23.6 Å². The highest BCUT2D eigenvalue weighted by Crippen LogP contribution is 2.30. The highest BCUT2D eigenvalue weighted by molar-refractivity contribution is 14.0. The third kappa shape index (κ3) is 7.82. The molecule has 1 heterocycles. The molecule has 0 spiro atoms. The summed E-state index contributed by atoms with van der Waals surface area (Å²) in [7, 11) is 1.59. The number of guanidine groups is 1. The number of aliphatic imine (C=N–C) groups is 1. The van der Waals surface area contributed by atoms with Gasteiger partial charge in [-0.25, -0.2) is 4.98 Å². The summed E-state index contributed by atoms with van der Waals surface area (Å²) in [5, 5.41) is 7.44. The van der Waals surface area contributed by atoms with Crippen LogP contribution in [0.3, 0.4) is 0 Å². The molecule has 0 saturated heterocycles. The second kappa shape index (κ2) is 10.3. The molecule has 0 amide bonds. The summed E-state index contributed by atoms with van der Waals surface area (Å²) in [4.78, 5) is 7.67. The van der Waals surface area contributed by atoms with Crippen molar-refractivity contribution in [1.82, 2.24) is 15.6 Å². The highest BCUT2D eigenvalue weighted by Gasteiger charge is 2.33. The number of alkyl halides is 3. The summed E-state index contributed by atoms with van der Waals surface area (Å²) >= 11 is 0.956. The number of benzene rings is 1. The van der Waals surface area contributed by atoms with Gasteiger partial charge in [0.1, 0.15) is 16.4 Å². The van der Waals surface area contributed by atoms with Crippen molar-refractivity contribution in [1.29, 1.82) is 0 Å². The first kappa shape index (κ1) is 24.5. The van der Waals surface area contributed by atoms with E-state index < -0.39 is 11.9 Å². The van der Waals surface area contributed by atoms with Gasteiger partial charge < -0.3 is 15.4 Å². The Hall–Kier alpha value is -1.56. The van der Waals surface area contributed by atoms with E-state index in [-0.39, 0.29) is 36.1 Å². The van der Waals surface area contributed by atoms with Crippen molar-refractivity contribution in [3.05, 3.63) is 45.9 Å². The fourth-order valence-electron chi connectivity index (χ4n) is 2.16. The van der Waals surface area contributed by atoms with Crippen molar-refractivity contribution in [2.24, 2.45) is 4.99 Å². The van der Waals surface area contributed by atoms with E-state index in [9.17, 15) is 13.2 Å². The summed E-state index contributed by atoms with van der Waals surface area (Å²) in [5.41, 5.74) is -0.249. The Morgan fingerprint density at radius 3 is 2.36 bits per heavy atom. The lowest BCUT2D eigenvalue weighted by Gasteiger charge is -2.23. The summed E-state index contributed by atoms with van der Waals surface area (Å²) in [6.45, 7) is 6.53. The lowest BCUT2D eigenvalue weighted by Crippen LogP contribution is -2.36. The van der Waals surface area contributed by atoms with Gasteiger partial charge in [0.2, 0.25) is 0 Å². The fourth-order valence-corrected chi connectivity index (χ4v) is 2.90. The van der Waals surface area contributed by atoms with E-state index in [4.69, 9.17) is 4.74 Å². The van der Waals surface area contributed by atoms with Crippen LogP contribution in [0.25, 0.3) is 0 Å². The van der Waals surface area contributed by atoms with Gasteiger partial charge in [-0.05, 0) is 26.8 Å². The molecular formula is C18H24F3IN4OS. The Balaban J connectivity index is 0.00000392. The molecule has 0 aliphatic rings. The predicted octanol–water partition coefficient (Wildman–Crippen LogP) is 4.82. The van der Waals surface area contributed by atoms with Gasteiger partial charge in [-0.1, -0.05) is 18.2 Å². The summed E-state index contributed by atoms with van der Waals surface area (Å²) in [6, 6.07) is 7.65. The van der Waals surface area contributed by atoms with E-state index in [2.05, 4.69) is 20.6 Å². The Bertz CT molecular complexity index is 788. The smallest absolute Gasteiger partial charge is 0.434 e. The van der Waals surface area contributed by atoms with Crippen LogP contribution in [-0.2, 0) is 19.3 Å². The molecule has 10 heteroatoms. The van der Waals surface area contributed by atoms with Gasteiger partial charge in [0.05, 0.1) is 6.54 Å². The van der Waals surface area contributed by atoms with Crippen LogP contribution in [0.5, 0.6) is 5.75 Å². The van der Waals surface area contributed by atoms with Crippen LogP contribution in [0.2, 0.25) is 0 Å². The molecule has 0 atom stereocenters. The Morgan fingerprint density at radius 1 is 1.14 bits per heavy atom. The quantitative estimate of drug-likeness (QED) is 0.332. The standard InChI is InChI=1S/C18H23F3N4OS.HI/c1-17(2,3)26-13-8-6-5-7-12(13)9-23-16(22-4)24-10-15-25-14(11-27-15)18(19,20)21;/h5-8,11H,9-10H2,1-4H3,(H2,22,23,24);1H. The first-order valence-corrected chi connectivity index (χ1v) is 9.19. The van der Waals surface area contributed by atoms with E-state index >= 15 is 0 Å². The maximum atomic E-state index is 12.6. The Morgan fingerprint density at radius 2 is 1.79 bits per heavy atom. The molecule has 0 unspecified atom stereocenters. The number of ether oxygens (including phenoxy) is 1. The Kier molecular flexibility index (Phi) is 8.99. The number of rotatable bonds is 5. The van der Waals surface area contributed by atoms with Crippen molar-refractivity contribution in [3.63, 3.8) is 0 Å². The first-order chi connectivity index (χ1) is 12.6. The molecule has 28 heavy (non-hydrogen) atoms. The number of hydrogen-bond acceptors (Lipinski definition) is 4. The summed E-state index contributed by atoms with van der Waals surface area (Å²) in [5.74, 6) is 1.23. The molecule has 5 nitrogen and oxygen atoms in total. The van der Waals surface area contributed by atoms with Crippen molar-refractivity contribution in [2.75, 3.05) is 7.05 Å². The predicted molar refractivity (Wildman–Crippen MR) is 116 cm³/mol. The molecule has 0 bridgehead atoms. The second-order valence-corrected chi connectivity index (χ2v) is 7.67. The van der Waals surface area contributed by atoms with Crippen LogP contribution in [0, 0.1) is 0 Å². The third-order valence-corrected chi connectivity index (χ3v) is 4.16. The number of para-hydroxylation sites is 1. The van der Waals surface area contributed by atoms with E-state index in [1.165, 1.54) is 0 Å². The normalized spacial score (nSPS) is 12.3. The molecule has 2 aromatic rings. The molecule has 2 N–H and O–H groups in total. The monoisotopic (exact) mass is 528 g/mol. The van der Waals surface area contributed by atoms with Crippen molar-refractivity contribution >= 4 is 41.3 Å². The van der Waals surface area contributed by atoms with Crippen molar-refractivity contribution in [2.45, 2.75) is 45.6 Å². The molecule has 0 aliphatic carbocycles. The molecule has 1 aromatic carbocycles. The van der Waals surface area contributed by atoms with Crippen LogP contribution < -0.4 is 15.4 Å². The fraction of sp³-hybridized carbons (Fsp3) is 0.444. The second-order valence-electron chi connectivity index (χ2n) is 6.73. The van der Waals surface area contributed by atoms with E-state index in [0.717, 1.165) is 28.0 Å². The average molecular weight is 528 g/mol. The lowest BCUT2D eigenvalue weighted by molar-refractivity contribution is -0.140. The molecule has 0 aliphatic heterocycles. The third-order valence-electron chi connectivity index (χ3n) is 3.31. The van der Waals surface area contributed by atoms with Crippen LogP contribution in [0.4, 0.5) is 13.2 Å². The minimum Gasteiger partial charge on any atom is -0.488 e. The number of nitrogens with zero attached hydrogens (tertiary/aromatic N) is 2. The SMILES string of the molecule is CN=C(NCc1nc(C(F)(F)F)cs1)NCc1ccccc1OC(C)(C)C.I. The first-order valence-electron chi connectivity index (χ1n) is 8.31. The van der Waals surface area contributed by atoms with Gasteiger partial charge in [0, 0.05) is 24.5 Å². The van der Waals surface area contributed by atoms with E-state index in [1.54, 1.807) is 7.05 Å². The van der Waals surface area contributed by atoms with Gasteiger partial charge in [-0.3, -0.25) is 4.99 Å².